The van der Waals surface area contributed by atoms with Crippen LogP contribution in [0.4, 0.5) is 0 Å². The molecule has 1 aliphatic rings. The van der Waals surface area contributed by atoms with E-state index in [2.05, 4.69) is 0 Å². The van der Waals surface area contributed by atoms with Crippen molar-refractivity contribution >= 4 is 23.0 Å². The van der Waals surface area contributed by atoms with Crippen molar-refractivity contribution in [1.82, 2.24) is 0 Å². The number of fused-ring (bicyclic) bond motifs is 1. The number of carbonyl (C=O) groups is 1. The van der Waals surface area contributed by atoms with Crippen molar-refractivity contribution in [3.63, 3.8) is 0 Å². The second-order valence-corrected chi connectivity index (χ2v) is 9.94. The van der Waals surface area contributed by atoms with Gasteiger partial charge in [-0.25, -0.2) is 4.79 Å². The standard InChI is InChI=1S/C30H26O14/c31-11-22-26(39)27(40)28(41)30(44-22)25-21(42-23(38)6-2-12-1-4-14(32)16(34)7-12)10-19(37)24-18(36)9-20(43-29(24)25)13-3-5-15(33)17(35)8-13/h1-10,22,26-28,30-35,37,39-41H,11H2/t22-,26-,27+,28-,30+/m1/s1. The minimum atomic E-state index is -1.93. The molecule has 14 heteroatoms. The van der Waals surface area contributed by atoms with Crippen LogP contribution in [-0.4, -0.2) is 83.0 Å². The molecular formula is C30H26O14. The molecule has 0 radical (unpaired) electrons. The molecule has 14 nitrogen and oxygen atoms in total. The maximum atomic E-state index is 13.2. The lowest BCUT2D eigenvalue weighted by Crippen LogP contribution is -2.55. The first-order chi connectivity index (χ1) is 20.9. The van der Waals surface area contributed by atoms with Crippen molar-refractivity contribution in [2.45, 2.75) is 30.5 Å². The second kappa shape index (κ2) is 11.9. The molecule has 0 amide bonds. The Bertz CT molecular complexity index is 1830. The first-order valence-electron chi connectivity index (χ1n) is 13.0. The Morgan fingerprint density at radius 3 is 2.16 bits per heavy atom. The minimum absolute atomic E-state index is 0.0982. The van der Waals surface area contributed by atoms with E-state index in [4.69, 9.17) is 13.9 Å². The molecule has 1 aromatic heterocycles. The molecule has 0 aliphatic carbocycles. The smallest absolute Gasteiger partial charge is 0.336 e. The number of hydrogen-bond donors (Lipinski definition) is 9. The molecule has 0 bridgehead atoms. The van der Waals surface area contributed by atoms with Gasteiger partial charge < -0.3 is 59.8 Å². The topological polar surface area (TPSA) is 248 Å². The molecule has 4 aromatic rings. The van der Waals surface area contributed by atoms with Gasteiger partial charge in [0.25, 0.3) is 0 Å². The number of phenols is 5. The lowest BCUT2D eigenvalue weighted by Gasteiger charge is -2.40. The molecule has 5 rings (SSSR count). The predicted molar refractivity (Wildman–Crippen MR) is 150 cm³/mol. The summed E-state index contributed by atoms with van der Waals surface area (Å²) in [6.45, 7) is -0.809. The predicted octanol–water partition coefficient (Wildman–Crippen LogP) is 1.12. The Morgan fingerprint density at radius 1 is 0.818 bits per heavy atom. The Kier molecular flexibility index (Phi) is 8.19. The van der Waals surface area contributed by atoms with E-state index in [1.165, 1.54) is 24.3 Å². The van der Waals surface area contributed by atoms with Gasteiger partial charge in [-0.3, -0.25) is 4.79 Å². The average Bonchev–Trinajstić information content (AvgIpc) is 2.98. The van der Waals surface area contributed by atoms with Crippen molar-refractivity contribution in [1.29, 1.82) is 0 Å². The first kappa shape index (κ1) is 30.3. The van der Waals surface area contributed by atoms with Gasteiger partial charge in [-0.2, -0.15) is 0 Å². The number of rotatable bonds is 6. The number of aliphatic hydroxyl groups is 4. The molecule has 0 spiro atoms. The molecule has 0 unspecified atom stereocenters. The zero-order valence-corrected chi connectivity index (χ0v) is 22.4. The second-order valence-electron chi connectivity index (χ2n) is 9.94. The summed E-state index contributed by atoms with van der Waals surface area (Å²) in [4.78, 5) is 26.1. The van der Waals surface area contributed by atoms with E-state index >= 15 is 0 Å². The number of aromatic hydroxyl groups is 5. The molecule has 9 N–H and O–H groups in total. The van der Waals surface area contributed by atoms with E-state index in [-0.39, 0.29) is 22.6 Å². The molecule has 1 fully saturated rings. The molecule has 0 saturated carbocycles. The monoisotopic (exact) mass is 610 g/mol. The van der Waals surface area contributed by atoms with Crippen LogP contribution in [0.25, 0.3) is 28.4 Å². The average molecular weight is 611 g/mol. The Hall–Kier alpha value is -5.12. The van der Waals surface area contributed by atoms with Gasteiger partial charge in [0.05, 0.1) is 12.2 Å². The molecule has 44 heavy (non-hydrogen) atoms. The quantitative estimate of drug-likeness (QED) is 0.0643. The number of benzene rings is 3. The summed E-state index contributed by atoms with van der Waals surface area (Å²) >= 11 is 0. The van der Waals surface area contributed by atoms with Crippen LogP contribution in [-0.2, 0) is 9.53 Å². The molecule has 3 aromatic carbocycles. The van der Waals surface area contributed by atoms with E-state index in [1.54, 1.807) is 0 Å². The highest BCUT2D eigenvalue weighted by Gasteiger charge is 2.46. The summed E-state index contributed by atoms with van der Waals surface area (Å²) in [5.74, 6) is -4.31. The van der Waals surface area contributed by atoms with Gasteiger partial charge >= 0.3 is 5.97 Å². The summed E-state index contributed by atoms with van der Waals surface area (Å²) in [5.41, 5.74) is -1.26. The lowest BCUT2D eigenvalue weighted by atomic mass is 9.89. The van der Waals surface area contributed by atoms with Crippen molar-refractivity contribution in [2.75, 3.05) is 6.61 Å². The highest BCUT2D eigenvalue weighted by atomic mass is 16.6. The van der Waals surface area contributed by atoms with Gasteiger partial charge in [0.1, 0.15) is 53.2 Å². The largest absolute Gasteiger partial charge is 0.507 e. The summed E-state index contributed by atoms with van der Waals surface area (Å²) in [7, 11) is 0. The van der Waals surface area contributed by atoms with Crippen LogP contribution in [0.2, 0.25) is 0 Å². The molecule has 230 valence electrons. The van der Waals surface area contributed by atoms with Crippen LogP contribution in [0.1, 0.15) is 17.2 Å². The molecule has 5 atom stereocenters. The number of carbonyl (C=O) groups excluding carboxylic acids is 1. The van der Waals surface area contributed by atoms with Crippen molar-refractivity contribution in [2.24, 2.45) is 0 Å². The van der Waals surface area contributed by atoms with E-state index < -0.39 is 88.2 Å². The minimum Gasteiger partial charge on any atom is -0.507 e. The fraction of sp³-hybridized carbons (Fsp3) is 0.200. The molecule has 1 saturated heterocycles. The number of phenolic OH excluding ortho intramolecular Hbond substituents is 5. The van der Waals surface area contributed by atoms with Gasteiger partial charge in [-0.15, -0.1) is 0 Å². The third-order valence-electron chi connectivity index (χ3n) is 7.04. The van der Waals surface area contributed by atoms with Gasteiger partial charge in [0.15, 0.2) is 34.0 Å². The van der Waals surface area contributed by atoms with Gasteiger partial charge in [0, 0.05) is 23.8 Å². The number of ether oxygens (including phenoxy) is 2. The van der Waals surface area contributed by atoms with Crippen LogP contribution >= 0.6 is 0 Å². The van der Waals surface area contributed by atoms with E-state index in [9.17, 15) is 55.5 Å². The summed E-state index contributed by atoms with van der Waals surface area (Å²) in [5, 5.41) is 90.7. The number of aliphatic hydroxyl groups excluding tert-OH is 4. The maximum absolute atomic E-state index is 13.2. The Labute approximate surface area is 246 Å². The fourth-order valence-electron chi connectivity index (χ4n) is 4.78. The zero-order chi connectivity index (χ0) is 31.9. The molecule has 2 heterocycles. The van der Waals surface area contributed by atoms with Crippen molar-refractivity contribution in [3.8, 4) is 45.8 Å². The highest BCUT2D eigenvalue weighted by molar-refractivity contribution is 5.93. The van der Waals surface area contributed by atoms with Gasteiger partial charge in [0.2, 0.25) is 0 Å². The van der Waals surface area contributed by atoms with E-state index in [1.807, 2.05) is 0 Å². The summed E-state index contributed by atoms with van der Waals surface area (Å²) in [6.07, 6.45) is -6.54. The summed E-state index contributed by atoms with van der Waals surface area (Å²) in [6, 6.07) is 9.11. The first-order valence-corrected chi connectivity index (χ1v) is 13.0. The number of esters is 1. The number of hydrogen-bond acceptors (Lipinski definition) is 14. The van der Waals surface area contributed by atoms with Crippen LogP contribution in [0.5, 0.6) is 34.5 Å². The Balaban J connectivity index is 1.68. The van der Waals surface area contributed by atoms with Gasteiger partial charge in [-0.05, 0) is 42.0 Å². The van der Waals surface area contributed by atoms with E-state index in [0.717, 1.165) is 36.4 Å². The van der Waals surface area contributed by atoms with Gasteiger partial charge in [-0.1, -0.05) is 6.07 Å². The van der Waals surface area contributed by atoms with E-state index in [0.29, 0.717) is 5.56 Å². The van der Waals surface area contributed by atoms with Crippen LogP contribution in [0, 0.1) is 0 Å². The zero-order valence-electron chi connectivity index (χ0n) is 22.4. The van der Waals surface area contributed by atoms with Crippen molar-refractivity contribution < 1.29 is 64.6 Å². The van der Waals surface area contributed by atoms with Crippen LogP contribution in [0.15, 0.2) is 63.8 Å². The normalized spacial score (nSPS) is 22.0. The summed E-state index contributed by atoms with van der Waals surface area (Å²) < 4.78 is 17.0. The lowest BCUT2D eigenvalue weighted by molar-refractivity contribution is -0.231. The Morgan fingerprint density at radius 2 is 1.50 bits per heavy atom. The third-order valence-corrected chi connectivity index (χ3v) is 7.04. The molecule has 1 aliphatic heterocycles. The molecular weight excluding hydrogens is 584 g/mol. The highest BCUT2D eigenvalue weighted by Crippen LogP contribution is 2.44. The fourth-order valence-corrected chi connectivity index (χ4v) is 4.78. The third kappa shape index (κ3) is 5.62. The van der Waals surface area contributed by atoms with Crippen molar-refractivity contribution in [3.05, 3.63) is 76.0 Å². The van der Waals surface area contributed by atoms with Crippen LogP contribution < -0.4 is 10.2 Å². The maximum Gasteiger partial charge on any atom is 0.336 e. The van der Waals surface area contributed by atoms with Crippen LogP contribution in [0.3, 0.4) is 0 Å². The SMILES string of the molecule is O=C(C=Cc1ccc(O)c(O)c1)Oc1cc(O)c2c(=O)cc(-c3ccc(O)c(O)c3)oc2c1[C@@H]1O[C@H](CO)[C@@H](O)[C@H](O)[C@H]1O.